The highest BCUT2D eigenvalue weighted by atomic mass is 35.5. The van der Waals surface area contributed by atoms with Crippen molar-refractivity contribution in [3.05, 3.63) is 107 Å². The van der Waals surface area contributed by atoms with Crippen LogP contribution in [0.25, 0.3) is 16.5 Å². The molecule has 224 valence electrons. The third-order valence-corrected chi connectivity index (χ3v) is 8.09. The standard InChI is InChI=1S/C35H34ClN5O3/c1-21-9-11-23(12-10-21)33(42)37-25-13-15-26(16-14-25)41-20-28(38-39-41)34(43)40-19-24(18-36)32-29(40)17-30(44-35(3,4)5)27-8-6-7-22(2)31(27)32/h6-17,20,24H,18-19H2,1-5H3,(H,37,42)/t24-/m1/s1. The molecule has 0 saturated heterocycles. The minimum Gasteiger partial charge on any atom is -0.487 e. The highest BCUT2D eigenvalue weighted by Gasteiger charge is 2.37. The van der Waals surface area contributed by atoms with E-state index in [1.165, 1.54) is 0 Å². The Bertz CT molecular complexity index is 1870. The minimum absolute atomic E-state index is 0.0411. The highest BCUT2D eigenvalue weighted by molar-refractivity contribution is 6.19. The van der Waals surface area contributed by atoms with Crippen LogP contribution in [-0.2, 0) is 0 Å². The Morgan fingerprint density at radius 2 is 1.75 bits per heavy atom. The molecule has 2 heterocycles. The van der Waals surface area contributed by atoms with Crippen molar-refractivity contribution in [1.29, 1.82) is 0 Å². The Morgan fingerprint density at radius 1 is 1.02 bits per heavy atom. The summed E-state index contributed by atoms with van der Waals surface area (Å²) in [6, 6.07) is 22.7. The summed E-state index contributed by atoms with van der Waals surface area (Å²) < 4.78 is 7.94. The summed E-state index contributed by atoms with van der Waals surface area (Å²) in [5.74, 6) is 0.606. The number of nitrogens with zero attached hydrogens (tertiary/aromatic N) is 4. The van der Waals surface area contributed by atoms with Crippen LogP contribution in [-0.4, -0.2) is 44.8 Å². The quantitative estimate of drug-likeness (QED) is 0.203. The van der Waals surface area contributed by atoms with Crippen LogP contribution in [0.2, 0.25) is 0 Å². The molecule has 0 unspecified atom stereocenters. The maximum absolute atomic E-state index is 13.9. The molecule has 8 nitrogen and oxygen atoms in total. The molecular formula is C35H34ClN5O3. The van der Waals surface area contributed by atoms with Crippen molar-refractivity contribution in [3.8, 4) is 11.4 Å². The van der Waals surface area contributed by atoms with E-state index in [0.29, 0.717) is 29.4 Å². The number of carbonyl (C=O) groups is 2. The number of fused-ring (bicyclic) bond motifs is 3. The van der Waals surface area contributed by atoms with Gasteiger partial charge < -0.3 is 15.0 Å². The van der Waals surface area contributed by atoms with Gasteiger partial charge >= 0.3 is 0 Å². The van der Waals surface area contributed by atoms with Gasteiger partial charge in [0.05, 0.1) is 17.6 Å². The van der Waals surface area contributed by atoms with Crippen molar-refractivity contribution in [2.75, 3.05) is 22.6 Å². The Hall–Kier alpha value is -4.69. The van der Waals surface area contributed by atoms with E-state index in [4.69, 9.17) is 16.3 Å². The molecule has 0 spiro atoms. The van der Waals surface area contributed by atoms with E-state index in [-0.39, 0.29) is 23.4 Å². The SMILES string of the molecule is Cc1ccc(C(=O)Nc2ccc(-n3cc(C(=O)N4C[C@@H](CCl)c5c4cc(OC(C)(C)C)c4cccc(C)c54)nn3)cc2)cc1. The molecule has 2 amide bonds. The number of halogens is 1. The number of nitrogens with one attached hydrogen (secondary N) is 1. The average Bonchev–Trinajstić information content (AvgIpc) is 3.62. The van der Waals surface area contributed by atoms with Gasteiger partial charge in [0, 0.05) is 41.0 Å². The van der Waals surface area contributed by atoms with Gasteiger partial charge in [-0.3, -0.25) is 9.59 Å². The summed E-state index contributed by atoms with van der Waals surface area (Å²) in [6.07, 6.45) is 1.62. The molecule has 44 heavy (non-hydrogen) atoms. The van der Waals surface area contributed by atoms with Crippen molar-refractivity contribution in [2.24, 2.45) is 0 Å². The largest absolute Gasteiger partial charge is 0.487 e. The topological polar surface area (TPSA) is 89.4 Å². The molecule has 1 N–H and O–H groups in total. The summed E-state index contributed by atoms with van der Waals surface area (Å²) in [7, 11) is 0. The number of hydrogen-bond acceptors (Lipinski definition) is 5. The van der Waals surface area contributed by atoms with Crippen molar-refractivity contribution in [2.45, 2.75) is 46.1 Å². The van der Waals surface area contributed by atoms with E-state index in [1.54, 1.807) is 40.0 Å². The van der Waals surface area contributed by atoms with Gasteiger partial charge in [0.2, 0.25) is 0 Å². The zero-order chi connectivity index (χ0) is 31.2. The number of rotatable bonds is 6. The van der Waals surface area contributed by atoms with Crippen LogP contribution in [0.1, 0.15) is 64.2 Å². The predicted octanol–water partition coefficient (Wildman–Crippen LogP) is 7.45. The molecule has 0 aliphatic carbocycles. The van der Waals surface area contributed by atoms with Gasteiger partial charge in [0.25, 0.3) is 11.8 Å². The summed E-state index contributed by atoms with van der Waals surface area (Å²) in [5.41, 5.74) is 5.75. The Morgan fingerprint density at radius 3 is 2.43 bits per heavy atom. The molecule has 1 aliphatic heterocycles. The maximum atomic E-state index is 13.9. The molecule has 0 saturated carbocycles. The number of benzene rings is 4. The lowest BCUT2D eigenvalue weighted by atomic mass is 9.92. The molecule has 4 aromatic carbocycles. The molecule has 6 rings (SSSR count). The van der Waals surface area contributed by atoms with Crippen LogP contribution in [0.15, 0.2) is 79.0 Å². The number of hydrogen-bond donors (Lipinski definition) is 1. The first kappa shape index (κ1) is 29.4. The van der Waals surface area contributed by atoms with Crippen LogP contribution in [0.5, 0.6) is 5.75 Å². The summed E-state index contributed by atoms with van der Waals surface area (Å²) in [5, 5.41) is 13.4. The van der Waals surface area contributed by atoms with Gasteiger partial charge in [-0.2, -0.15) is 0 Å². The van der Waals surface area contributed by atoms with Gasteiger partial charge in [-0.25, -0.2) is 4.68 Å². The third kappa shape index (κ3) is 5.65. The van der Waals surface area contributed by atoms with Crippen molar-refractivity contribution < 1.29 is 14.3 Å². The smallest absolute Gasteiger partial charge is 0.280 e. The van der Waals surface area contributed by atoms with Crippen molar-refractivity contribution >= 4 is 45.6 Å². The average molecular weight is 608 g/mol. The van der Waals surface area contributed by atoms with E-state index in [1.807, 2.05) is 64.1 Å². The van der Waals surface area contributed by atoms with Gasteiger partial charge in [-0.05, 0) is 87.5 Å². The second kappa shape index (κ2) is 11.4. The Balaban J connectivity index is 1.27. The second-order valence-electron chi connectivity index (χ2n) is 12.2. The molecule has 5 aromatic rings. The summed E-state index contributed by atoms with van der Waals surface area (Å²) in [4.78, 5) is 28.3. The van der Waals surface area contributed by atoms with E-state index >= 15 is 0 Å². The van der Waals surface area contributed by atoms with E-state index in [2.05, 4.69) is 34.7 Å². The third-order valence-electron chi connectivity index (χ3n) is 7.72. The Kier molecular flexibility index (Phi) is 7.63. The lowest BCUT2D eigenvalue weighted by molar-refractivity contribution is 0.0982. The normalized spacial score (nSPS) is 14.5. The zero-order valence-corrected chi connectivity index (χ0v) is 26.1. The first-order valence-electron chi connectivity index (χ1n) is 14.6. The number of aromatic nitrogens is 3. The number of carbonyl (C=O) groups excluding carboxylic acids is 2. The van der Waals surface area contributed by atoms with Crippen LogP contribution in [0.4, 0.5) is 11.4 Å². The fourth-order valence-corrected chi connectivity index (χ4v) is 5.90. The second-order valence-corrected chi connectivity index (χ2v) is 12.5. The molecule has 1 aromatic heterocycles. The lowest BCUT2D eigenvalue weighted by Crippen LogP contribution is -2.30. The number of aryl methyl sites for hydroxylation is 2. The highest BCUT2D eigenvalue weighted by Crippen LogP contribution is 2.47. The summed E-state index contributed by atoms with van der Waals surface area (Å²) >= 11 is 6.49. The van der Waals surface area contributed by atoms with Crippen molar-refractivity contribution in [3.63, 3.8) is 0 Å². The van der Waals surface area contributed by atoms with E-state index in [9.17, 15) is 9.59 Å². The van der Waals surface area contributed by atoms with Crippen LogP contribution in [0.3, 0.4) is 0 Å². The number of amides is 2. The molecule has 1 atom stereocenters. The molecule has 0 bridgehead atoms. The molecule has 9 heteroatoms. The first-order valence-corrected chi connectivity index (χ1v) is 15.1. The van der Waals surface area contributed by atoms with Gasteiger partial charge in [0.15, 0.2) is 5.69 Å². The predicted molar refractivity (Wildman–Crippen MR) is 175 cm³/mol. The van der Waals surface area contributed by atoms with Gasteiger partial charge in [-0.1, -0.05) is 41.1 Å². The van der Waals surface area contributed by atoms with Crippen molar-refractivity contribution in [1.82, 2.24) is 15.0 Å². The van der Waals surface area contributed by atoms with Gasteiger partial charge in [-0.15, -0.1) is 16.7 Å². The zero-order valence-electron chi connectivity index (χ0n) is 25.4. The minimum atomic E-state index is -0.425. The van der Waals surface area contributed by atoms with Crippen LogP contribution < -0.4 is 15.0 Å². The van der Waals surface area contributed by atoms with Gasteiger partial charge in [0.1, 0.15) is 11.4 Å². The monoisotopic (exact) mass is 607 g/mol. The lowest BCUT2D eigenvalue weighted by Gasteiger charge is -2.25. The van der Waals surface area contributed by atoms with E-state index in [0.717, 1.165) is 38.9 Å². The maximum Gasteiger partial charge on any atom is 0.280 e. The number of anilines is 2. The fourth-order valence-electron chi connectivity index (χ4n) is 5.65. The van der Waals surface area contributed by atoms with E-state index < -0.39 is 5.60 Å². The van der Waals surface area contributed by atoms with Crippen LogP contribution in [0, 0.1) is 13.8 Å². The Labute approximate surface area is 261 Å². The van der Waals surface area contributed by atoms with Crippen LogP contribution >= 0.6 is 11.6 Å². The summed E-state index contributed by atoms with van der Waals surface area (Å²) in [6.45, 7) is 10.5. The molecule has 0 radical (unpaired) electrons. The molecule has 1 aliphatic rings. The molecular weight excluding hydrogens is 574 g/mol. The first-order chi connectivity index (χ1) is 21.0. The number of ether oxygens (including phenoxy) is 1. The fraction of sp³-hybridized carbons (Fsp3) is 0.257. The number of alkyl halides is 1. The molecule has 0 fully saturated rings.